The van der Waals surface area contributed by atoms with E-state index in [9.17, 15) is 5.11 Å². The van der Waals surface area contributed by atoms with Gasteiger partial charge in [0.15, 0.2) is 17.5 Å². The average Bonchev–Trinajstić information content (AvgIpc) is 3.07. The van der Waals surface area contributed by atoms with E-state index in [-0.39, 0.29) is 11.9 Å². The molecule has 6 nitrogen and oxygen atoms in total. The van der Waals surface area contributed by atoms with Crippen molar-refractivity contribution in [3.63, 3.8) is 0 Å². The summed E-state index contributed by atoms with van der Waals surface area (Å²) in [5.74, 6) is 1.49. The maximum atomic E-state index is 10.1. The van der Waals surface area contributed by atoms with Crippen LogP contribution in [-0.4, -0.2) is 50.5 Å². The molecule has 0 amide bonds. The van der Waals surface area contributed by atoms with Crippen LogP contribution in [0, 0.1) is 0 Å². The van der Waals surface area contributed by atoms with Gasteiger partial charge in [0, 0.05) is 19.7 Å². The van der Waals surface area contributed by atoms with Gasteiger partial charge in [0.25, 0.3) is 0 Å². The molecular weight excluding hydrogens is 294 g/mol. The van der Waals surface area contributed by atoms with Crippen molar-refractivity contribution in [2.45, 2.75) is 32.3 Å². The first-order valence-electron chi connectivity index (χ1n) is 8.23. The predicted octanol–water partition coefficient (Wildman–Crippen LogP) is 1.68. The topological polar surface area (TPSA) is 75.1 Å². The summed E-state index contributed by atoms with van der Waals surface area (Å²) in [7, 11) is 1.55. The van der Waals surface area contributed by atoms with Crippen LogP contribution in [0.5, 0.6) is 11.5 Å². The van der Waals surface area contributed by atoms with Crippen LogP contribution in [0.1, 0.15) is 25.3 Å². The minimum Gasteiger partial charge on any atom is -0.504 e. The highest BCUT2D eigenvalue weighted by Gasteiger charge is 2.15. The number of hydrogen-bond donors (Lipinski definition) is 3. The third kappa shape index (κ3) is 5.32. The highest BCUT2D eigenvalue weighted by atomic mass is 16.5. The molecule has 1 aromatic carbocycles. The van der Waals surface area contributed by atoms with E-state index in [0.29, 0.717) is 25.3 Å². The molecule has 3 N–H and O–H groups in total. The first-order chi connectivity index (χ1) is 11.2. The fourth-order valence-electron chi connectivity index (χ4n) is 2.57. The molecule has 1 aliphatic rings. The van der Waals surface area contributed by atoms with Gasteiger partial charge in [-0.15, -0.1) is 0 Å². The molecule has 0 aromatic heterocycles. The van der Waals surface area contributed by atoms with Crippen molar-refractivity contribution < 1.29 is 14.6 Å². The van der Waals surface area contributed by atoms with Crippen LogP contribution in [0.3, 0.4) is 0 Å². The van der Waals surface area contributed by atoms with Crippen molar-refractivity contribution >= 4 is 5.96 Å². The first kappa shape index (κ1) is 17.4. The number of hydrogen-bond acceptors (Lipinski definition) is 4. The normalized spacial score (nSPS) is 18.0. The number of nitrogens with zero attached hydrogens (tertiary/aromatic N) is 1. The molecule has 1 fully saturated rings. The molecule has 1 heterocycles. The number of rotatable bonds is 7. The number of para-hydroxylation sites is 1. The zero-order valence-electron chi connectivity index (χ0n) is 14.0. The van der Waals surface area contributed by atoms with Gasteiger partial charge in [-0.05, 0) is 37.8 Å². The maximum Gasteiger partial charge on any atom is 0.191 e. The lowest BCUT2D eigenvalue weighted by Crippen LogP contribution is -2.39. The summed E-state index contributed by atoms with van der Waals surface area (Å²) in [6.45, 7) is 5.05. The Morgan fingerprint density at radius 2 is 2.30 bits per heavy atom. The number of ether oxygens (including phenoxy) is 2. The molecule has 23 heavy (non-hydrogen) atoms. The summed E-state index contributed by atoms with van der Waals surface area (Å²) in [5.41, 5.74) is 0.854. The fourth-order valence-corrected chi connectivity index (χ4v) is 2.57. The van der Waals surface area contributed by atoms with E-state index in [1.807, 2.05) is 19.1 Å². The molecular formula is C17H27N3O3. The Kier molecular flexibility index (Phi) is 7.00. The van der Waals surface area contributed by atoms with Gasteiger partial charge in [-0.2, -0.15) is 0 Å². The molecule has 2 rings (SSSR count). The summed E-state index contributed by atoms with van der Waals surface area (Å²) < 4.78 is 10.7. The van der Waals surface area contributed by atoms with Gasteiger partial charge in [0.05, 0.1) is 19.8 Å². The van der Waals surface area contributed by atoms with Crippen molar-refractivity contribution in [1.29, 1.82) is 0 Å². The Labute approximate surface area is 137 Å². The lowest BCUT2D eigenvalue weighted by atomic mass is 10.1. The van der Waals surface area contributed by atoms with E-state index >= 15 is 0 Å². The van der Waals surface area contributed by atoms with Gasteiger partial charge < -0.3 is 25.2 Å². The van der Waals surface area contributed by atoms with Crippen LogP contribution >= 0.6 is 0 Å². The Morgan fingerprint density at radius 3 is 3.00 bits per heavy atom. The third-order valence-corrected chi connectivity index (χ3v) is 3.81. The predicted molar refractivity (Wildman–Crippen MR) is 91.3 cm³/mol. The Hall–Kier alpha value is -1.95. The van der Waals surface area contributed by atoms with E-state index in [1.165, 1.54) is 0 Å². The molecule has 1 aromatic rings. The summed E-state index contributed by atoms with van der Waals surface area (Å²) in [6.07, 6.45) is 3.14. The molecule has 128 valence electrons. The Morgan fingerprint density at radius 1 is 1.43 bits per heavy atom. The molecule has 1 unspecified atom stereocenters. The van der Waals surface area contributed by atoms with E-state index in [4.69, 9.17) is 9.47 Å². The van der Waals surface area contributed by atoms with Gasteiger partial charge in [0.2, 0.25) is 0 Å². The highest BCUT2D eigenvalue weighted by molar-refractivity contribution is 5.79. The van der Waals surface area contributed by atoms with Crippen LogP contribution in [-0.2, 0) is 11.2 Å². The van der Waals surface area contributed by atoms with Crippen LogP contribution in [0.2, 0.25) is 0 Å². The largest absolute Gasteiger partial charge is 0.504 e. The van der Waals surface area contributed by atoms with E-state index < -0.39 is 0 Å². The standard InChI is InChI=1S/C17H27N3O3/c1-3-18-17(20-12-14-7-5-11-23-14)19-10-9-13-6-4-8-15(22-2)16(13)21/h4,6,8,14,21H,3,5,7,9-12H2,1-2H3,(H2,18,19,20). The number of aliphatic imine (C=N–C) groups is 1. The van der Waals surface area contributed by atoms with Crippen molar-refractivity contribution in [2.75, 3.05) is 33.4 Å². The zero-order valence-corrected chi connectivity index (χ0v) is 14.0. The van der Waals surface area contributed by atoms with Crippen LogP contribution in [0.25, 0.3) is 0 Å². The number of phenols is 1. The second kappa shape index (κ2) is 9.25. The molecule has 0 bridgehead atoms. The monoisotopic (exact) mass is 321 g/mol. The number of methoxy groups -OCH3 is 1. The van der Waals surface area contributed by atoms with Crippen LogP contribution < -0.4 is 15.4 Å². The summed E-state index contributed by atoms with van der Waals surface area (Å²) in [6, 6.07) is 5.53. The molecule has 0 saturated carbocycles. The SMILES string of the molecule is CCNC(=NCC1CCCO1)NCCc1cccc(OC)c1O. The van der Waals surface area contributed by atoms with Gasteiger partial charge in [-0.1, -0.05) is 12.1 Å². The smallest absolute Gasteiger partial charge is 0.191 e. The molecule has 1 saturated heterocycles. The summed E-state index contributed by atoms with van der Waals surface area (Å²) in [4.78, 5) is 4.57. The number of nitrogens with one attached hydrogen (secondary N) is 2. The quantitative estimate of drug-likeness (QED) is 0.526. The van der Waals surface area contributed by atoms with Crippen LogP contribution in [0.15, 0.2) is 23.2 Å². The van der Waals surface area contributed by atoms with Gasteiger partial charge in [-0.3, -0.25) is 4.99 Å². The lowest BCUT2D eigenvalue weighted by molar-refractivity contribution is 0.117. The minimum atomic E-state index is 0.207. The Balaban J connectivity index is 1.85. The fraction of sp³-hybridized carbons (Fsp3) is 0.588. The van der Waals surface area contributed by atoms with Crippen LogP contribution in [0.4, 0.5) is 0 Å². The summed E-state index contributed by atoms with van der Waals surface area (Å²) in [5, 5.41) is 16.6. The Bertz CT molecular complexity index is 514. The minimum absolute atomic E-state index is 0.207. The zero-order chi connectivity index (χ0) is 16.5. The molecule has 6 heteroatoms. The van der Waals surface area contributed by atoms with Crippen molar-refractivity contribution in [2.24, 2.45) is 4.99 Å². The molecule has 0 radical (unpaired) electrons. The molecule has 1 atom stereocenters. The lowest BCUT2D eigenvalue weighted by Gasteiger charge is -2.14. The van der Waals surface area contributed by atoms with E-state index in [2.05, 4.69) is 15.6 Å². The van der Waals surface area contributed by atoms with E-state index in [1.54, 1.807) is 13.2 Å². The number of aromatic hydroxyl groups is 1. The second-order valence-corrected chi connectivity index (χ2v) is 5.50. The van der Waals surface area contributed by atoms with Crippen molar-refractivity contribution in [3.8, 4) is 11.5 Å². The first-order valence-corrected chi connectivity index (χ1v) is 8.23. The molecule has 0 aliphatic carbocycles. The summed E-state index contributed by atoms with van der Waals surface area (Å²) >= 11 is 0. The average molecular weight is 321 g/mol. The molecule has 0 spiro atoms. The number of benzene rings is 1. The third-order valence-electron chi connectivity index (χ3n) is 3.81. The number of phenolic OH excluding ortho intramolecular Hbond substituents is 1. The van der Waals surface area contributed by atoms with Gasteiger partial charge >= 0.3 is 0 Å². The maximum absolute atomic E-state index is 10.1. The number of guanidine groups is 1. The van der Waals surface area contributed by atoms with E-state index in [0.717, 1.165) is 37.5 Å². The highest BCUT2D eigenvalue weighted by Crippen LogP contribution is 2.29. The second-order valence-electron chi connectivity index (χ2n) is 5.50. The van der Waals surface area contributed by atoms with Crippen molar-refractivity contribution in [1.82, 2.24) is 10.6 Å². The molecule has 1 aliphatic heterocycles. The van der Waals surface area contributed by atoms with Gasteiger partial charge in [0.1, 0.15) is 0 Å². The van der Waals surface area contributed by atoms with Crippen molar-refractivity contribution in [3.05, 3.63) is 23.8 Å². The van der Waals surface area contributed by atoms with Gasteiger partial charge in [-0.25, -0.2) is 0 Å².